The highest BCUT2D eigenvalue weighted by Gasteiger charge is 2.49. The van der Waals surface area contributed by atoms with Crippen LogP contribution in [-0.4, -0.2) is 53.4 Å². The third-order valence-electron chi connectivity index (χ3n) is 6.13. The summed E-state index contributed by atoms with van der Waals surface area (Å²) in [5.74, 6) is 1.17. The Bertz CT molecular complexity index is 1320. The first-order valence-electron chi connectivity index (χ1n) is 9.69. The Labute approximate surface area is 179 Å². The van der Waals surface area contributed by atoms with Crippen molar-refractivity contribution in [2.24, 2.45) is 0 Å². The molecule has 0 aliphatic carbocycles. The monoisotopic (exact) mass is 441 g/mol. The van der Waals surface area contributed by atoms with Crippen molar-refractivity contribution in [2.45, 2.75) is 18.5 Å². The van der Waals surface area contributed by atoms with Crippen LogP contribution >= 0.6 is 12.2 Å². The molecule has 2 aromatic carbocycles. The van der Waals surface area contributed by atoms with Crippen molar-refractivity contribution >= 4 is 38.1 Å². The lowest BCUT2D eigenvalue weighted by atomic mass is 9.89. The van der Waals surface area contributed by atoms with Crippen molar-refractivity contribution in [2.75, 3.05) is 19.7 Å². The minimum Gasteiger partial charge on any atom is -0.454 e. The Kier molecular flexibility index (Phi) is 3.75. The van der Waals surface area contributed by atoms with Gasteiger partial charge in [0.2, 0.25) is 16.8 Å². The molecule has 4 heterocycles. The summed E-state index contributed by atoms with van der Waals surface area (Å²) in [6, 6.07) is 12.8. The van der Waals surface area contributed by atoms with Gasteiger partial charge >= 0.3 is 0 Å². The van der Waals surface area contributed by atoms with Crippen LogP contribution in [0.4, 0.5) is 0 Å². The fraction of sp³-hybridized carbons (Fsp3) is 0.286. The smallest absolute Gasteiger partial charge is 0.233 e. The maximum Gasteiger partial charge on any atom is 0.233 e. The number of hydrogen-bond donors (Lipinski definition) is 1. The zero-order chi connectivity index (χ0) is 20.6. The molecule has 3 aliphatic rings. The van der Waals surface area contributed by atoms with Crippen LogP contribution in [-0.2, 0) is 16.4 Å². The number of aromatic nitrogens is 1. The zero-order valence-electron chi connectivity index (χ0n) is 16.2. The summed E-state index contributed by atoms with van der Waals surface area (Å²) in [6.07, 6.45) is 0.544. The average Bonchev–Trinajstić information content (AvgIpc) is 3.34. The Morgan fingerprint density at radius 3 is 2.80 bits per heavy atom. The van der Waals surface area contributed by atoms with Crippen molar-refractivity contribution in [3.8, 4) is 11.5 Å². The Morgan fingerprint density at radius 1 is 1.13 bits per heavy atom. The van der Waals surface area contributed by atoms with E-state index >= 15 is 0 Å². The van der Waals surface area contributed by atoms with Crippen LogP contribution in [0, 0.1) is 0 Å². The van der Waals surface area contributed by atoms with Crippen molar-refractivity contribution in [3.05, 3.63) is 59.3 Å². The zero-order valence-corrected chi connectivity index (χ0v) is 17.8. The maximum absolute atomic E-state index is 13.4. The molecule has 9 heteroatoms. The molecule has 1 saturated heterocycles. The number of nitrogens with zero attached hydrogens (tertiary/aromatic N) is 2. The highest BCUT2D eigenvalue weighted by molar-refractivity contribution is 7.89. The predicted octanol–water partition coefficient (Wildman–Crippen LogP) is 2.77. The van der Waals surface area contributed by atoms with Gasteiger partial charge in [-0.15, -0.1) is 0 Å². The van der Waals surface area contributed by atoms with Gasteiger partial charge in [-0.2, -0.15) is 4.31 Å². The third-order valence-corrected chi connectivity index (χ3v) is 8.54. The number of nitrogens with one attached hydrogen (secondary N) is 1. The highest BCUT2D eigenvalue weighted by Crippen LogP contribution is 2.46. The number of ether oxygens (including phenoxy) is 2. The van der Waals surface area contributed by atoms with E-state index in [1.807, 2.05) is 36.4 Å². The first-order valence-corrected chi connectivity index (χ1v) is 11.7. The SMILES string of the molecule is CN1CS(=O)(=O)N2[C@H](c3ccc4c(c3)OCO4)c3[nH]c4ccccc4c3C[C@@H]2C1=S. The van der Waals surface area contributed by atoms with E-state index < -0.39 is 22.1 Å². The number of hydrogen-bond acceptors (Lipinski definition) is 5. The molecular weight excluding hydrogens is 422 g/mol. The fourth-order valence-electron chi connectivity index (χ4n) is 4.84. The van der Waals surface area contributed by atoms with Gasteiger partial charge in [0.1, 0.15) is 5.88 Å². The van der Waals surface area contributed by atoms with Gasteiger partial charge in [-0.25, -0.2) is 8.42 Å². The summed E-state index contributed by atoms with van der Waals surface area (Å²) >= 11 is 5.70. The van der Waals surface area contributed by atoms with Crippen molar-refractivity contribution in [1.29, 1.82) is 0 Å². The Balaban J connectivity index is 1.63. The molecular formula is C21H19N3O4S2. The number of rotatable bonds is 1. The number of likely N-dealkylation sites (N-methyl/N-ethyl adjacent to an activating group) is 1. The normalized spacial score (nSPS) is 24.7. The van der Waals surface area contributed by atoms with Crippen molar-refractivity contribution < 1.29 is 17.9 Å². The van der Waals surface area contributed by atoms with Gasteiger partial charge in [-0.3, -0.25) is 0 Å². The number of fused-ring (bicyclic) bond motifs is 5. The minimum absolute atomic E-state index is 0.126. The quantitative estimate of drug-likeness (QED) is 0.586. The second-order valence-electron chi connectivity index (χ2n) is 7.91. The molecule has 1 N–H and O–H groups in total. The van der Waals surface area contributed by atoms with E-state index in [9.17, 15) is 8.42 Å². The van der Waals surface area contributed by atoms with Crippen LogP contribution in [0.25, 0.3) is 10.9 Å². The molecule has 6 rings (SSSR count). The molecule has 2 atom stereocenters. The van der Waals surface area contributed by atoms with Gasteiger partial charge in [0.05, 0.1) is 17.1 Å². The molecule has 7 nitrogen and oxygen atoms in total. The number of benzene rings is 2. The molecule has 3 aromatic rings. The number of thiocarbonyl (C=S) groups is 1. The lowest BCUT2D eigenvalue weighted by Gasteiger charge is -2.46. The first kappa shape index (κ1) is 18.2. The number of sulfonamides is 1. The largest absolute Gasteiger partial charge is 0.454 e. The second kappa shape index (κ2) is 6.19. The number of aromatic amines is 1. The molecule has 1 aromatic heterocycles. The van der Waals surface area contributed by atoms with Crippen molar-refractivity contribution in [3.63, 3.8) is 0 Å². The van der Waals surface area contributed by atoms with Gasteiger partial charge < -0.3 is 19.4 Å². The third kappa shape index (κ3) is 2.46. The first-order chi connectivity index (χ1) is 14.4. The van der Waals surface area contributed by atoms with E-state index in [0.29, 0.717) is 22.9 Å². The molecule has 0 bridgehead atoms. The summed E-state index contributed by atoms with van der Waals surface area (Å²) < 4.78 is 39.3. The molecule has 0 spiro atoms. The van der Waals surface area contributed by atoms with Crippen LogP contribution in [0.1, 0.15) is 22.9 Å². The minimum atomic E-state index is -3.58. The molecule has 3 aliphatic heterocycles. The molecule has 0 radical (unpaired) electrons. The van der Waals surface area contributed by atoms with E-state index in [1.54, 1.807) is 16.3 Å². The Hall–Kier alpha value is -2.62. The Morgan fingerprint density at radius 2 is 1.93 bits per heavy atom. The molecule has 0 unspecified atom stereocenters. The van der Waals surface area contributed by atoms with Crippen LogP contribution in [0.3, 0.4) is 0 Å². The standard InChI is InChI=1S/C21H19N3O4S2/c1-23-10-30(25,26)24-16(21(23)29)9-14-13-4-2-3-5-15(13)22-19(14)20(24)12-6-7-17-18(8-12)28-11-27-17/h2-8,16,20,22H,9-11H2,1H3/t16-,20-/m1/s1. The van der Waals surface area contributed by atoms with E-state index in [0.717, 1.165) is 27.7 Å². The molecule has 0 saturated carbocycles. The van der Waals surface area contributed by atoms with Gasteiger partial charge in [0.15, 0.2) is 11.5 Å². The average molecular weight is 442 g/mol. The van der Waals surface area contributed by atoms with Crippen LogP contribution in [0.2, 0.25) is 0 Å². The summed E-state index contributed by atoms with van der Waals surface area (Å²) in [7, 11) is -1.83. The molecule has 154 valence electrons. The lowest BCUT2D eigenvalue weighted by Crippen LogP contribution is -2.61. The second-order valence-corrected chi connectivity index (χ2v) is 10.2. The lowest BCUT2D eigenvalue weighted by molar-refractivity contribution is 0.174. The van der Waals surface area contributed by atoms with Crippen LogP contribution < -0.4 is 9.47 Å². The van der Waals surface area contributed by atoms with Gasteiger partial charge in [0.25, 0.3) is 0 Å². The summed E-state index contributed by atoms with van der Waals surface area (Å²) in [5.41, 5.74) is 3.82. The van der Waals surface area contributed by atoms with Crippen LogP contribution in [0.5, 0.6) is 11.5 Å². The van der Waals surface area contributed by atoms with E-state index in [1.165, 1.54) is 0 Å². The van der Waals surface area contributed by atoms with Crippen LogP contribution in [0.15, 0.2) is 42.5 Å². The summed E-state index contributed by atoms with van der Waals surface area (Å²) in [4.78, 5) is 5.81. The van der Waals surface area contributed by atoms with E-state index in [-0.39, 0.29) is 12.7 Å². The van der Waals surface area contributed by atoms with Crippen molar-refractivity contribution in [1.82, 2.24) is 14.2 Å². The topological polar surface area (TPSA) is 74.9 Å². The molecule has 1 fully saturated rings. The van der Waals surface area contributed by atoms with Gasteiger partial charge in [0, 0.05) is 23.6 Å². The predicted molar refractivity (Wildman–Crippen MR) is 116 cm³/mol. The highest BCUT2D eigenvalue weighted by atomic mass is 32.2. The molecule has 0 amide bonds. The fourth-order valence-corrected chi connectivity index (χ4v) is 7.12. The molecule has 30 heavy (non-hydrogen) atoms. The van der Waals surface area contributed by atoms with E-state index in [2.05, 4.69) is 11.1 Å². The van der Waals surface area contributed by atoms with E-state index in [4.69, 9.17) is 21.7 Å². The number of H-pyrrole nitrogens is 1. The maximum atomic E-state index is 13.4. The van der Waals surface area contributed by atoms with Gasteiger partial charge in [-0.05, 0) is 35.7 Å². The van der Waals surface area contributed by atoms with Gasteiger partial charge in [-0.1, -0.05) is 36.5 Å². The summed E-state index contributed by atoms with van der Waals surface area (Å²) in [5, 5.41) is 1.10. The number of para-hydroxylation sites is 1. The summed E-state index contributed by atoms with van der Waals surface area (Å²) in [6.45, 7) is 0.167.